The van der Waals surface area contributed by atoms with Gasteiger partial charge in [-0.25, -0.2) is 4.57 Å². The standard InChI is InChI=1S/C84H152NO8P/c1-6-8-10-12-14-16-18-20-22-24-26-28-30-32-34-36-37-38-39-40-41-42-43-44-45-46-47-49-51-53-55-57-59-61-63-65-67-69-71-73-75-77-84(87)93-82(81-92-94(88,89)91-79-78-85(3,4)5)80-90-83(86)76-74-72-70-68-66-64-62-60-58-56-54-52-50-48-35-33-31-29-27-25-23-21-19-17-15-13-11-9-7-2/h8,10,14,16,20,22,26,28,32,34,37-38,40-41,43-44,82H,6-7,9,11-13,15,17-19,21,23-25,27,29-31,33,35-36,39,42,45-81H2,1-5H3/p+1/b10-8-,16-14-,22-20-,28-26-,34-32-,38-37-,41-40-,44-43-. The van der Waals surface area contributed by atoms with Crippen LogP contribution in [0.3, 0.4) is 0 Å². The van der Waals surface area contributed by atoms with Gasteiger partial charge >= 0.3 is 19.8 Å². The van der Waals surface area contributed by atoms with Crippen molar-refractivity contribution in [3.05, 3.63) is 97.2 Å². The number of carbonyl (C=O) groups is 2. The summed E-state index contributed by atoms with van der Waals surface area (Å²) in [5, 5.41) is 0. The van der Waals surface area contributed by atoms with Gasteiger partial charge in [0, 0.05) is 12.8 Å². The maximum Gasteiger partial charge on any atom is 0.472 e. The van der Waals surface area contributed by atoms with Crippen LogP contribution in [0.1, 0.15) is 373 Å². The number of phosphoric ester groups is 1. The Hall–Kier alpha value is -3.07. The summed E-state index contributed by atoms with van der Waals surface area (Å²) in [5.41, 5.74) is 0. The van der Waals surface area contributed by atoms with Crippen molar-refractivity contribution in [1.29, 1.82) is 0 Å². The van der Waals surface area contributed by atoms with E-state index in [9.17, 15) is 19.0 Å². The predicted octanol–water partition coefficient (Wildman–Crippen LogP) is 26.6. The number of nitrogens with zero attached hydrogens (tertiary/aromatic N) is 1. The fourth-order valence-electron chi connectivity index (χ4n) is 11.6. The molecule has 1 N–H and O–H groups in total. The Bertz CT molecular complexity index is 1910. The summed E-state index contributed by atoms with van der Waals surface area (Å²) >= 11 is 0. The molecule has 0 spiro atoms. The first-order chi connectivity index (χ1) is 46.0. The third-order valence-electron chi connectivity index (χ3n) is 17.6. The first-order valence-electron chi connectivity index (χ1n) is 40.0. The molecule has 10 heteroatoms. The molecule has 0 aliphatic carbocycles. The number of allylic oxidation sites excluding steroid dienone is 16. The van der Waals surface area contributed by atoms with E-state index in [1.54, 1.807) is 0 Å². The Morgan fingerprint density at radius 1 is 0.340 bits per heavy atom. The molecule has 0 rings (SSSR count). The number of carbonyl (C=O) groups excluding carboxylic acids is 2. The largest absolute Gasteiger partial charge is 0.472 e. The lowest BCUT2D eigenvalue weighted by atomic mass is 10.0. The molecule has 2 unspecified atom stereocenters. The molecule has 0 amide bonds. The highest BCUT2D eigenvalue weighted by Crippen LogP contribution is 2.43. The lowest BCUT2D eigenvalue weighted by Gasteiger charge is -2.24. The van der Waals surface area contributed by atoms with E-state index in [2.05, 4.69) is 111 Å². The molecule has 0 aromatic carbocycles. The summed E-state index contributed by atoms with van der Waals surface area (Å²) in [6.07, 6.45) is 104. The summed E-state index contributed by atoms with van der Waals surface area (Å²) in [5.74, 6) is -0.780. The second kappa shape index (κ2) is 74.2. The molecule has 0 bridgehead atoms. The van der Waals surface area contributed by atoms with Gasteiger partial charge < -0.3 is 18.9 Å². The Morgan fingerprint density at radius 3 is 0.904 bits per heavy atom. The van der Waals surface area contributed by atoms with Gasteiger partial charge in [0.05, 0.1) is 27.7 Å². The molecule has 0 aromatic heterocycles. The van der Waals surface area contributed by atoms with Crippen LogP contribution in [0, 0.1) is 0 Å². The van der Waals surface area contributed by atoms with E-state index in [4.69, 9.17) is 18.5 Å². The van der Waals surface area contributed by atoms with E-state index >= 15 is 0 Å². The molecule has 0 heterocycles. The second-order valence-corrected chi connectivity index (χ2v) is 29.5. The van der Waals surface area contributed by atoms with Crippen LogP contribution in [-0.2, 0) is 32.7 Å². The summed E-state index contributed by atoms with van der Waals surface area (Å²) in [4.78, 5) is 36.0. The molecule has 546 valence electrons. The van der Waals surface area contributed by atoms with Crippen molar-refractivity contribution in [2.24, 2.45) is 0 Å². The zero-order chi connectivity index (χ0) is 68.3. The summed E-state index contributed by atoms with van der Waals surface area (Å²) in [6, 6.07) is 0. The average Bonchev–Trinajstić information content (AvgIpc) is 1.57. The Labute approximate surface area is 583 Å². The first-order valence-corrected chi connectivity index (χ1v) is 41.5. The van der Waals surface area contributed by atoms with Gasteiger partial charge in [0.25, 0.3) is 0 Å². The van der Waals surface area contributed by atoms with Crippen molar-refractivity contribution in [2.45, 2.75) is 380 Å². The number of esters is 2. The van der Waals surface area contributed by atoms with Crippen LogP contribution >= 0.6 is 7.82 Å². The van der Waals surface area contributed by atoms with E-state index in [1.165, 1.54) is 257 Å². The normalized spacial score (nSPS) is 13.6. The number of quaternary nitrogens is 1. The van der Waals surface area contributed by atoms with Crippen molar-refractivity contribution in [2.75, 3.05) is 47.5 Å². The molecular formula is C84H153NO8P+. The van der Waals surface area contributed by atoms with E-state index < -0.39 is 26.5 Å². The molecule has 0 aliphatic heterocycles. The molecule has 0 aliphatic rings. The predicted molar refractivity (Wildman–Crippen MR) is 408 cm³/mol. The number of hydrogen-bond donors (Lipinski definition) is 1. The Morgan fingerprint density at radius 2 is 0.606 bits per heavy atom. The minimum Gasteiger partial charge on any atom is -0.462 e. The lowest BCUT2D eigenvalue weighted by Crippen LogP contribution is -2.37. The highest BCUT2D eigenvalue weighted by atomic mass is 31.2. The summed E-state index contributed by atoms with van der Waals surface area (Å²) in [7, 11) is 1.49. The Kier molecular flexibility index (Phi) is 71.7. The molecule has 9 nitrogen and oxygen atoms in total. The highest BCUT2D eigenvalue weighted by molar-refractivity contribution is 7.47. The molecule has 0 aromatic rings. The second-order valence-electron chi connectivity index (χ2n) is 28.1. The van der Waals surface area contributed by atoms with Gasteiger partial charge in [0.15, 0.2) is 6.10 Å². The van der Waals surface area contributed by atoms with E-state index in [0.717, 1.165) is 83.5 Å². The molecule has 2 atom stereocenters. The Balaban J connectivity index is 3.96. The maximum atomic E-state index is 12.9. The number of rotatable bonds is 74. The monoisotopic (exact) mass is 1340 g/mol. The first kappa shape index (κ1) is 90.9. The van der Waals surface area contributed by atoms with E-state index in [1.807, 2.05) is 21.1 Å². The van der Waals surface area contributed by atoms with Crippen molar-refractivity contribution in [1.82, 2.24) is 0 Å². The SMILES string of the molecule is CC/C=C\C/C=C\C/C=C\C/C=C\C/C=C\C/C=C\C/C=C\C/C=C\CCCCCCCCCCCCCCCCCCC(=O)OC(COC(=O)CCCCCCCCCCCCCCCCCCCCCCCCCCCCCCC)COP(=O)(O)OCC[N+](C)(C)C. The fraction of sp³-hybridized carbons (Fsp3) is 0.786. The summed E-state index contributed by atoms with van der Waals surface area (Å²) in [6.45, 7) is 4.38. The van der Waals surface area contributed by atoms with Gasteiger partial charge in [-0.1, -0.05) is 381 Å². The van der Waals surface area contributed by atoms with Crippen LogP contribution in [0.4, 0.5) is 0 Å². The highest BCUT2D eigenvalue weighted by Gasteiger charge is 2.27. The van der Waals surface area contributed by atoms with Crippen molar-refractivity contribution < 1.29 is 42.1 Å². The molecule has 0 fully saturated rings. The van der Waals surface area contributed by atoms with Gasteiger partial charge in [-0.3, -0.25) is 18.6 Å². The molecule has 94 heavy (non-hydrogen) atoms. The number of likely N-dealkylation sites (N-methyl/N-ethyl adjacent to an activating group) is 1. The smallest absolute Gasteiger partial charge is 0.462 e. The van der Waals surface area contributed by atoms with Gasteiger partial charge in [0.2, 0.25) is 0 Å². The van der Waals surface area contributed by atoms with Gasteiger partial charge in [0.1, 0.15) is 19.8 Å². The van der Waals surface area contributed by atoms with Crippen molar-refractivity contribution >= 4 is 19.8 Å². The number of unbranched alkanes of at least 4 members (excludes halogenated alkanes) is 44. The zero-order valence-electron chi connectivity index (χ0n) is 62.4. The van der Waals surface area contributed by atoms with Gasteiger partial charge in [-0.15, -0.1) is 0 Å². The fourth-order valence-corrected chi connectivity index (χ4v) is 12.3. The van der Waals surface area contributed by atoms with E-state index in [0.29, 0.717) is 23.9 Å². The third-order valence-corrected chi connectivity index (χ3v) is 18.6. The molecule has 0 radical (unpaired) electrons. The van der Waals surface area contributed by atoms with Crippen LogP contribution in [0.25, 0.3) is 0 Å². The molecular weight excluding hydrogens is 1180 g/mol. The van der Waals surface area contributed by atoms with Crippen molar-refractivity contribution in [3.8, 4) is 0 Å². The minimum absolute atomic E-state index is 0.0318. The number of phosphoric acid groups is 1. The number of ether oxygens (including phenoxy) is 2. The van der Waals surface area contributed by atoms with Crippen LogP contribution in [0.5, 0.6) is 0 Å². The lowest BCUT2D eigenvalue weighted by molar-refractivity contribution is -0.870. The maximum absolute atomic E-state index is 12.9. The quantitative estimate of drug-likeness (QED) is 0.0211. The van der Waals surface area contributed by atoms with E-state index in [-0.39, 0.29) is 25.6 Å². The topological polar surface area (TPSA) is 108 Å². The number of hydrogen-bond acceptors (Lipinski definition) is 7. The van der Waals surface area contributed by atoms with Gasteiger partial charge in [-0.05, 0) is 77.0 Å². The van der Waals surface area contributed by atoms with Gasteiger partial charge in [-0.2, -0.15) is 0 Å². The molecule has 0 saturated heterocycles. The zero-order valence-corrected chi connectivity index (χ0v) is 63.3. The average molecular weight is 1340 g/mol. The van der Waals surface area contributed by atoms with Crippen LogP contribution in [0.2, 0.25) is 0 Å². The van der Waals surface area contributed by atoms with Crippen molar-refractivity contribution in [3.63, 3.8) is 0 Å². The van der Waals surface area contributed by atoms with Crippen LogP contribution < -0.4 is 0 Å². The molecule has 0 saturated carbocycles. The van der Waals surface area contributed by atoms with Crippen LogP contribution in [-0.4, -0.2) is 74.9 Å². The minimum atomic E-state index is -4.40. The van der Waals surface area contributed by atoms with Crippen LogP contribution in [0.15, 0.2) is 97.2 Å². The third kappa shape index (κ3) is 77.9. The summed E-state index contributed by atoms with van der Waals surface area (Å²) < 4.78 is 34.8.